The number of nitrogens with zero attached hydrogens (tertiary/aromatic N) is 4. The average molecular weight is 997 g/mol. The third-order valence-corrected chi connectivity index (χ3v) is 14.4. The lowest BCUT2D eigenvalue weighted by Gasteiger charge is -2.35. The lowest BCUT2D eigenvalue weighted by Crippen LogP contribution is -2.48. The molecular formula is C55H56N4O14. The number of carbonyl (C=O) groups excluding carboxylic acids is 4. The van der Waals surface area contributed by atoms with Crippen LogP contribution in [-0.4, -0.2) is 95.3 Å². The summed E-state index contributed by atoms with van der Waals surface area (Å²) in [5, 5.41) is 2.05. The van der Waals surface area contributed by atoms with Crippen molar-refractivity contribution in [1.29, 1.82) is 0 Å². The summed E-state index contributed by atoms with van der Waals surface area (Å²) in [5.41, 5.74) is 4.82. The van der Waals surface area contributed by atoms with E-state index in [1.165, 1.54) is 0 Å². The smallest absolute Gasteiger partial charge is 0.355 e. The molecule has 380 valence electrons. The molecule has 3 atom stereocenters. The number of cyclic esters (lactones) is 2. The van der Waals surface area contributed by atoms with E-state index in [9.17, 15) is 28.8 Å². The maximum Gasteiger partial charge on any atom is 0.355 e. The van der Waals surface area contributed by atoms with E-state index in [4.69, 9.17) is 47.9 Å². The number of hydrogen-bond acceptors (Lipinski definition) is 16. The lowest BCUT2D eigenvalue weighted by molar-refractivity contribution is -0.192. The molecule has 0 saturated carbocycles. The Morgan fingerprint density at radius 3 is 1.51 bits per heavy atom. The van der Waals surface area contributed by atoms with E-state index in [0.717, 1.165) is 56.9 Å². The van der Waals surface area contributed by atoms with Crippen LogP contribution in [0, 0.1) is 0 Å². The highest BCUT2D eigenvalue weighted by Crippen LogP contribution is 2.44. The van der Waals surface area contributed by atoms with Gasteiger partial charge < -0.3 is 47.0 Å². The third-order valence-electron chi connectivity index (χ3n) is 14.4. The van der Waals surface area contributed by atoms with Gasteiger partial charge in [0.2, 0.25) is 11.2 Å². The number of ether oxygens (including phenoxy) is 8. The molecule has 0 fully saturated rings. The summed E-state index contributed by atoms with van der Waals surface area (Å²) in [6.45, 7) is 8.92. The molecule has 4 aromatic heterocycles. The van der Waals surface area contributed by atoms with Crippen LogP contribution in [0.2, 0.25) is 0 Å². The van der Waals surface area contributed by atoms with Crippen molar-refractivity contribution in [2.45, 2.75) is 104 Å². The van der Waals surface area contributed by atoms with Gasteiger partial charge in [0.1, 0.15) is 26.4 Å². The van der Waals surface area contributed by atoms with Crippen LogP contribution in [0.1, 0.15) is 92.0 Å². The molecule has 0 spiro atoms. The normalized spacial score (nSPS) is 18.5. The zero-order valence-electron chi connectivity index (χ0n) is 41.5. The Morgan fingerprint density at radius 2 is 1.05 bits per heavy atom. The SMILES string of the molecule is CCc1c2c(nc3ccccc13)-c1cc3c(c(=O)n1C2)COC(=O)[C@@]3(CC)OC(=O)COCCOCC(C)OCCOCC(=O)O[C@]1(CC)C(=O)OCc2c1cc1n(c2=O)Cc2c-1nc1ccccc1c2CC. The van der Waals surface area contributed by atoms with E-state index in [-0.39, 0.29) is 98.6 Å². The van der Waals surface area contributed by atoms with Crippen molar-refractivity contribution in [2.75, 3.05) is 46.2 Å². The lowest BCUT2D eigenvalue weighted by atomic mass is 9.85. The highest BCUT2D eigenvalue weighted by molar-refractivity contribution is 5.92. The van der Waals surface area contributed by atoms with Crippen LogP contribution in [0.25, 0.3) is 44.6 Å². The number of rotatable bonds is 19. The van der Waals surface area contributed by atoms with Gasteiger partial charge in [-0.25, -0.2) is 29.1 Å². The summed E-state index contributed by atoms with van der Waals surface area (Å²) in [5.74, 6) is -3.17. The molecule has 0 aliphatic carbocycles. The molecule has 0 amide bonds. The van der Waals surface area contributed by atoms with E-state index < -0.39 is 48.3 Å². The Labute approximate surface area is 419 Å². The van der Waals surface area contributed by atoms with Crippen LogP contribution in [0.15, 0.2) is 70.3 Å². The van der Waals surface area contributed by atoms with Gasteiger partial charge in [-0.3, -0.25) is 9.59 Å². The molecule has 10 rings (SSSR count). The van der Waals surface area contributed by atoms with Crippen molar-refractivity contribution in [2.24, 2.45) is 0 Å². The standard InChI is InChI=1S/C55H56N4O14/c1-6-32-34-14-10-12-16-42(34)56-48-36(32)24-58-44(48)22-40-38(50(58)62)27-70-52(64)54(40,8-3)72-46(60)29-67-19-18-66-26-31(5)69-21-20-68-30-47(61)73-55(9-4)41-23-45-49-37(25-59(45)51(63)39(41)28-71-53(55)65)33(7-2)35-15-11-13-17-43(35)57-49/h10-17,22-23,31H,6-9,18-21,24-30H2,1-5H3/t31?,54-,55-/m0/s1. The van der Waals surface area contributed by atoms with Crippen LogP contribution >= 0.6 is 0 Å². The van der Waals surface area contributed by atoms with E-state index >= 15 is 0 Å². The van der Waals surface area contributed by atoms with Gasteiger partial charge in [-0.05, 0) is 68.0 Å². The minimum Gasteiger partial charge on any atom is -0.457 e. The van der Waals surface area contributed by atoms with Crippen molar-refractivity contribution in [1.82, 2.24) is 19.1 Å². The van der Waals surface area contributed by atoms with Crippen molar-refractivity contribution in [3.05, 3.63) is 126 Å². The van der Waals surface area contributed by atoms with Crippen LogP contribution in [-0.2, 0) is 107 Å². The highest BCUT2D eigenvalue weighted by Gasteiger charge is 2.52. The molecule has 0 radical (unpaired) electrons. The summed E-state index contributed by atoms with van der Waals surface area (Å²) in [7, 11) is 0. The minimum absolute atomic E-state index is 0.0177. The first-order chi connectivity index (χ1) is 35.4. The summed E-state index contributed by atoms with van der Waals surface area (Å²) in [6, 6.07) is 19.2. The maximum absolute atomic E-state index is 14.0. The van der Waals surface area contributed by atoms with Crippen molar-refractivity contribution in [3.63, 3.8) is 0 Å². The van der Waals surface area contributed by atoms with Gasteiger partial charge in [0.25, 0.3) is 11.1 Å². The molecule has 0 saturated heterocycles. The molecule has 18 nitrogen and oxygen atoms in total. The molecule has 8 heterocycles. The largest absolute Gasteiger partial charge is 0.457 e. The van der Waals surface area contributed by atoms with Gasteiger partial charge in [0, 0.05) is 33.0 Å². The molecule has 0 N–H and O–H groups in total. The fraction of sp³-hybridized carbons (Fsp3) is 0.418. The maximum atomic E-state index is 14.0. The van der Waals surface area contributed by atoms with Crippen molar-refractivity contribution in [3.8, 4) is 22.8 Å². The molecule has 4 aliphatic rings. The van der Waals surface area contributed by atoms with Crippen LogP contribution < -0.4 is 11.1 Å². The topological polar surface area (TPSA) is 212 Å². The number of hydrogen-bond donors (Lipinski definition) is 0. The first-order valence-corrected chi connectivity index (χ1v) is 24.9. The number of carbonyl (C=O) groups is 4. The zero-order valence-corrected chi connectivity index (χ0v) is 41.5. The minimum atomic E-state index is -1.86. The Bertz CT molecular complexity index is 3360. The predicted molar refractivity (Wildman–Crippen MR) is 263 cm³/mol. The Kier molecular flexibility index (Phi) is 13.6. The highest BCUT2D eigenvalue weighted by atomic mass is 16.6. The quantitative estimate of drug-likeness (QED) is 0.0528. The molecule has 6 aromatic rings. The van der Waals surface area contributed by atoms with Gasteiger partial charge in [-0.1, -0.05) is 64.1 Å². The average Bonchev–Trinajstić information content (AvgIpc) is 3.96. The van der Waals surface area contributed by atoms with Gasteiger partial charge in [0.15, 0.2) is 0 Å². The van der Waals surface area contributed by atoms with Crippen molar-refractivity contribution < 1.29 is 57.1 Å². The summed E-state index contributed by atoms with van der Waals surface area (Å²) in [6.07, 6.45) is 1.13. The molecule has 18 heteroatoms. The van der Waals surface area contributed by atoms with Gasteiger partial charge in [-0.15, -0.1) is 0 Å². The monoisotopic (exact) mass is 996 g/mol. The number of benzene rings is 2. The molecule has 0 bridgehead atoms. The Balaban J connectivity index is 0.686. The summed E-state index contributed by atoms with van der Waals surface area (Å²) < 4.78 is 48.6. The number of aromatic nitrogens is 4. The Hall–Kier alpha value is -7.12. The summed E-state index contributed by atoms with van der Waals surface area (Å²) in [4.78, 5) is 91.5. The second kappa shape index (κ2) is 20.1. The second-order valence-corrected chi connectivity index (χ2v) is 18.5. The predicted octanol–water partition coefficient (Wildman–Crippen LogP) is 5.85. The van der Waals surface area contributed by atoms with Crippen LogP contribution in [0.5, 0.6) is 0 Å². The van der Waals surface area contributed by atoms with E-state index in [1.54, 1.807) is 42.0 Å². The number of para-hydroxylation sites is 2. The first kappa shape index (κ1) is 49.5. The van der Waals surface area contributed by atoms with Gasteiger partial charge in [0.05, 0.1) is 97.2 Å². The number of fused-ring (bicyclic) bond motifs is 10. The summed E-state index contributed by atoms with van der Waals surface area (Å²) >= 11 is 0. The third kappa shape index (κ3) is 8.48. The molecular weight excluding hydrogens is 941 g/mol. The Morgan fingerprint density at radius 1 is 0.616 bits per heavy atom. The molecule has 1 unspecified atom stereocenters. The van der Waals surface area contributed by atoms with E-state index in [0.29, 0.717) is 35.9 Å². The van der Waals surface area contributed by atoms with Crippen molar-refractivity contribution >= 4 is 45.7 Å². The van der Waals surface area contributed by atoms with Gasteiger partial charge >= 0.3 is 23.9 Å². The number of aryl methyl sites for hydroxylation is 2. The molecule has 4 aliphatic heterocycles. The zero-order chi connectivity index (χ0) is 51.2. The van der Waals surface area contributed by atoms with E-state index in [2.05, 4.69) is 13.8 Å². The van der Waals surface area contributed by atoms with Crippen LogP contribution in [0.4, 0.5) is 0 Å². The van der Waals surface area contributed by atoms with Crippen LogP contribution in [0.3, 0.4) is 0 Å². The van der Waals surface area contributed by atoms with E-state index in [1.807, 2.05) is 48.5 Å². The fourth-order valence-electron chi connectivity index (χ4n) is 10.8. The fourth-order valence-corrected chi connectivity index (χ4v) is 10.8. The molecule has 2 aromatic carbocycles. The number of esters is 4. The first-order valence-electron chi connectivity index (χ1n) is 24.9. The number of pyridine rings is 4. The molecule has 73 heavy (non-hydrogen) atoms. The second-order valence-electron chi connectivity index (χ2n) is 18.5. The van der Waals surface area contributed by atoms with Gasteiger partial charge in [-0.2, -0.15) is 0 Å².